The average molecular weight is 373 g/mol. The minimum absolute atomic E-state index is 0.140. The molecule has 0 unspecified atom stereocenters. The highest BCUT2D eigenvalue weighted by atomic mass is 16.6. The molecule has 154 valence electrons. The molecular formula is C21H40O5. The highest BCUT2D eigenvalue weighted by Crippen LogP contribution is 2.21. The van der Waals surface area contributed by atoms with E-state index in [4.69, 9.17) is 14.6 Å². The number of rotatable bonds is 16. The first kappa shape index (κ1) is 23.6. The molecule has 3 N–H and O–H groups in total. The number of aliphatic hydroxyl groups excluding tert-OH is 3. The fraction of sp³-hybridized carbons (Fsp3) is 0.905. The monoisotopic (exact) mass is 372 g/mol. The Kier molecular flexibility index (Phi) is 14.1. The zero-order valence-electron chi connectivity index (χ0n) is 16.5. The molecule has 0 aliphatic carbocycles. The molecule has 4 atom stereocenters. The molecular weight excluding hydrogens is 332 g/mol. The van der Waals surface area contributed by atoms with Crippen molar-refractivity contribution in [3.8, 4) is 0 Å². The summed E-state index contributed by atoms with van der Waals surface area (Å²) in [5, 5.41) is 28.5. The van der Waals surface area contributed by atoms with Gasteiger partial charge in [-0.3, -0.25) is 0 Å². The number of hydrogen-bond acceptors (Lipinski definition) is 5. The molecule has 1 heterocycles. The van der Waals surface area contributed by atoms with Gasteiger partial charge in [0.15, 0.2) is 0 Å². The number of unbranched alkanes of at least 4 members (excludes halogenated alkanes) is 9. The topological polar surface area (TPSA) is 79.2 Å². The largest absolute Gasteiger partial charge is 0.394 e. The van der Waals surface area contributed by atoms with Crippen LogP contribution in [0.25, 0.3) is 0 Å². The van der Waals surface area contributed by atoms with Crippen molar-refractivity contribution >= 4 is 0 Å². The fourth-order valence-corrected chi connectivity index (χ4v) is 3.34. The maximum Gasteiger partial charge on any atom is 0.114 e. The van der Waals surface area contributed by atoms with Gasteiger partial charge >= 0.3 is 0 Å². The molecule has 0 radical (unpaired) electrons. The van der Waals surface area contributed by atoms with E-state index in [1.165, 1.54) is 57.8 Å². The van der Waals surface area contributed by atoms with Crippen molar-refractivity contribution in [3.63, 3.8) is 0 Å². The van der Waals surface area contributed by atoms with E-state index in [-0.39, 0.29) is 6.61 Å². The van der Waals surface area contributed by atoms with Crippen molar-refractivity contribution in [2.24, 2.45) is 0 Å². The van der Waals surface area contributed by atoms with Crippen LogP contribution in [0.5, 0.6) is 0 Å². The summed E-state index contributed by atoms with van der Waals surface area (Å²) in [6.45, 7) is 2.48. The van der Waals surface area contributed by atoms with Gasteiger partial charge in [-0.1, -0.05) is 70.4 Å². The molecule has 0 amide bonds. The van der Waals surface area contributed by atoms with Crippen molar-refractivity contribution in [1.82, 2.24) is 0 Å². The van der Waals surface area contributed by atoms with Crippen molar-refractivity contribution in [1.29, 1.82) is 0 Å². The van der Waals surface area contributed by atoms with Crippen LogP contribution in [0.15, 0.2) is 12.2 Å². The molecule has 1 aliphatic rings. The molecule has 0 saturated carbocycles. The minimum atomic E-state index is -1.01. The molecule has 0 aromatic heterocycles. The zero-order chi connectivity index (χ0) is 19.0. The van der Waals surface area contributed by atoms with E-state index in [0.29, 0.717) is 6.61 Å². The normalized spacial score (nSPS) is 24.5. The molecule has 26 heavy (non-hydrogen) atoms. The second-order valence-electron chi connectivity index (χ2n) is 7.33. The van der Waals surface area contributed by atoms with Gasteiger partial charge in [0.1, 0.15) is 24.4 Å². The Morgan fingerprint density at radius 2 is 1.62 bits per heavy atom. The van der Waals surface area contributed by atoms with Crippen molar-refractivity contribution in [3.05, 3.63) is 12.2 Å². The maximum absolute atomic E-state index is 9.85. The standard InChI is InChI=1S/C21H40O5/c1-2-3-4-5-6-7-8-9-10-11-12-13-14-15-25-21-19(24)17-26-20(21)18(23)16-22/h12-13,18-24H,2-11,14-17H2,1H3/b13-12+/t18-,19+,20-,21-/m1/s1. The maximum atomic E-state index is 9.85. The smallest absolute Gasteiger partial charge is 0.114 e. The van der Waals surface area contributed by atoms with Gasteiger partial charge in [-0.05, 0) is 19.3 Å². The van der Waals surface area contributed by atoms with E-state index in [1.54, 1.807) is 0 Å². The van der Waals surface area contributed by atoms with Crippen LogP contribution in [0, 0.1) is 0 Å². The van der Waals surface area contributed by atoms with Crippen molar-refractivity contribution < 1.29 is 24.8 Å². The summed E-state index contributed by atoms with van der Waals surface area (Å²) >= 11 is 0. The second kappa shape index (κ2) is 15.6. The third kappa shape index (κ3) is 10.0. The lowest BCUT2D eigenvalue weighted by atomic mass is 10.1. The van der Waals surface area contributed by atoms with Gasteiger partial charge in [0.05, 0.1) is 19.8 Å². The minimum Gasteiger partial charge on any atom is -0.394 e. The summed E-state index contributed by atoms with van der Waals surface area (Å²) in [6.07, 6.45) is 15.4. The predicted molar refractivity (Wildman–Crippen MR) is 104 cm³/mol. The van der Waals surface area contributed by atoms with Crippen LogP contribution < -0.4 is 0 Å². The SMILES string of the molecule is CCCCCCCCCCC/C=C/CCO[C@H]1[C@@H]([C@H](O)CO)OC[C@@H]1O. The Morgan fingerprint density at radius 1 is 1.00 bits per heavy atom. The molecule has 0 bridgehead atoms. The summed E-state index contributed by atoms with van der Waals surface area (Å²) in [6, 6.07) is 0. The third-order valence-corrected chi connectivity index (χ3v) is 4.96. The summed E-state index contributed by atoms with van der Waals surface area (Å²) in [5.74, 6) is 0. The molecule has 0 aromatic carbocycles. The molecule has 1 aliphatic heterocycles. The first-order valence-electron chi connectivity index (χ1n) is 10.6. The average Bonchev–Trinajstić information content (AvgIpc) is 3.02. The van der Waals surface area contributed by atoms with Crippen molar-refractivity contribution in [2.75, 3.05) is 19.8 Å². The van der Waals surface area contributed by atoms with Crippen LogP contribution >= 0.6 is 0 Å². The molecule has 1 rings (SSSR count). The fourth-order valence-electron chi connectivity index (χ4n) is 3.34. The number of ether oxygens (including phenoxy) is 2. The first-order chi connectivity index (χ1) is 12.7. The number of allylic oxidation sites excluding steroid dienone is 1. The van der Waals surface area contributed by atoms with Gasteiger partial charge in [-0.2, -0.15) is 0 Å². The second-order valence-corrected chi connectivity index (χ2v) is 7.33. The highest BCUT2D eigenvalue weighted by Gasteiger charge is 2.40. The van der Waals surface area contributed by atoms with E-state index in [1.807, 2.05) is 0 Å². The lowest BCUT2D eigenvalue weighted by Crippen LogP contribution is -2.42. The Morgan fingerprint density at radius 3 is 2.27 bits per heavy atom. The van der Waals surface area contributed by atoms with Crippen LogP contribution in [-0.2, 0) is 9.47 Å². The quantitative estimate of drug-likeness (QED) is 0.286. The third-order valence-electron chi connectivity index (χ3n) is 4.96. The lowest BCUT2D eigenvalue weighted by Gasteiger charge is -2.23. The van der Waals surface area contributed by atoms with Crippen LogP contribution in [0.4, 0.5) is 0 Å². The highest BCUT2D eigenvalue weighted by molar-refractivity contribution is 4.89. The van der Waals surface area contributed by atoms with Crippen LogP contribution in [0.3, 0.4) is 0 Å². The van der Waals surface area contributed by atoms with Gasteiger partial charge in [0, 0.05) is 0 Å². The van der Waals surface area contributed by atoms with E-state index in [9.17, 15) is 10.2 Å². The molecule has 0 spiro atoms. The van der Waals surface area contributed by atoms with E-state index >= 15 is 0 Å². The Hall–Kier alpha value is -0.460. The molecule has 5 nitrogen and oxygen atoms in total. The van der Waals surface area contributed by atoms with Gasteiger partial charge in [-0.25, -0.2) is 0 Å². The Labute approximate surface area is 159 Å². The summed E-state index contributed by atoms with van der Waals surface area (Å²) in [7, 11) is 0. The Bertz CT molecular complexity index is 347. The van der Waals surface area contributed by atoms with Gasteiger partial charge in [-0.15, -0.1) is 0 Å². The summed E-state index contributed by atoms with van der Waals surface area (Å²) in [5.41, 5.74) is 0. The Balaban J connectivity index is 1.96. The number of hydrogen-bond donors (Lipinski definition) is 3. The predicted octanol–water partition coefficient (Wildman–Crippen LogP) is 3.35. The van der Waals surface area contributed by atoms with Crippen LogP contribution in [-0.4, -0.2) is 59.6 Å². The van der Waals surface area contributed by atoms with E-state index < -0.39 is 31.0 Å². The first-order valence-corrected chi connectivity index (χ1v) is 10.6. The molecule has 5 heteroatoms. The zero-order valence-corrected chi connectivity index (χ0v) is 16.5. The van der Waals surface area contributed by atoms with Gasteiger partial charge in [0.2, 0.25) is 0 Å². The van der Waals surface area contributed by atoms with Crippen LogP contribution in [0.1, 0.15) is 77.6 Å². The lowest BCUT2D eigenvalue weighted by molar-refractivity contribution is -0.0924. The van der Waals surface area contributed by atoms with Gasteiger partial charge in [0.25, 0.3) is 0 Å². The van der Waals surface area contributed by atoms with Gasteiger partial charge < -0.3 is 24.8 Å². The number of aliphatic hydroxyl groups is 3. The van der Waals surface area contributed by atoms with Crippen molar-refractivity contribution in [2.45, 2.75) is 102 Å². The van der Waals surface area contributed by atoms with E-state index in [0.717, 1.165) is 12.8 Å². The van der Waals surface area contributed by atoms with E-state index in [2.05, 4.69) is 19.1 Å². The summed E-state index contributed by atoms with van der Waals surface area (Å²) < 4.78 is 11.0. The molecule has 0 aromatic rings. The molecule has 1 fully saturated rings. The molecule has 1 saturated heterocycles. The van der Waals surface area contributed by atoms with Crippen LogP contribution in [0.2, 0.25) is 0 Å². The summed E-state index contributed by atoms with van der Waals surface area (Å²) in [4.78, 5) is 0.